The van der Waals surface area contributed by atoms with Crippen molar-refractivity contribution in [3.05, 3.63) is 47.4 Å². The third-order valence-electron chi connectivity index (χ3n) is 2.17. The summed E-state index contributed by atoms with van der Waals surface area (Å²) in [5, 5.41) is 3.64. The van der Waals surface area contributed by atoms with Gasteiger partial charge in [-0.2, -0.15) is 4.98 Å². The third kappa shape index (κ3) is 2.91. The summed E-state index contributed by atoms with van der Waals surface area (Å²) < 4.78 is 22.4. The molecule has 0 fully saturated rings. The molecule has 0 saturated carbocycles. The maximum Gasteiger partial charge on any atom is 0.397 e. The maximum atomic E-state index is 13.0. The molecule has 1 aromatic heterocycles. The highest BCUT2D eigenvalue weighted by Crippen LogP contribution is 2.09. The lowest BCUT2D eigenvalue weighted by Crippen LogP contribution is -2.05. The molecule has 0 N–H and O–H groups in total. The van der Waals surface area contributed by atoms with Crippen LogP contribution in [-0.2, 0) is 11.2 Å². The summed E-state index contributed by atoms with van der Waals surface area (Å²) in [7, 11) is 0. The molecule has 0 atom stereocenters. The minimum Gasteiger partial charge on any atom is -0.459 e. The van der Waals surface area contributed by atoms with Crippen molar-refractivity contribution >= 4 is 5.97 Å². The molecule has 2 aromatic rings. The summed E-state index contributed by atoms with van der Waals surface area (Å²) in [5.74, 6) is -0.871. The first kappa shape index (κ1) is 12.2. The van der Waals surface area contributed by atoms with Crippen LogP contribution in [-0.4, -0.2) is 22.7 Å². The van der Waals surface area contributed by atoms with Crippen LogP contribution in [0.5, 0.6) is 0 Å². The van der Waals surface area contributed by atoms with Gasteiger partial charge in [0.25, 0.3) is 0 Å². The van der Waals surface area contributed by atoms with Gasteiger partial charge in [-0.15, -0.1) is 0 Å². The van der Waals surface area contributed by atoms with Crippen molar-refractivity contribution < 1.29 is 18.4 Å². The maximum absolute atomic E-state index is 13.0. The molecule has 0 bridgehead atoms. The van der Waals surface area contributed by atoms with Gasteiger partial charge in [-0.25, -0.2) is 9.18 Å². The second kappa shape index (κ2) is 5.39. The van der Waals surface area contributed by atoms with Gasteiger partial charge in [0.05, 0.1) is 6.61 Å². The van der Waals surface area contributed by atoms with E-state index in [0.29, 0.717) is 17.8 Å². The molecule has 0 saturated heterocycles. The molecule has 94 valence electrons. The Bertz CT molecular complexity index is 554. The normalized spacial score (nSPS) is 10.3. The number of benzene rings is 1. The predicted octanol–water partition coefficient (Wildman–Crippen LogP) is 1.98. The fourth-order valence-electron chi connectivity index (χ4n) is 1.43. The van der Waals surface area contributed by atoms with E-state index in [2.05, 4.69) is 10.1 Å². The topological polar surface area (TPSA) is 65.2 Å². The predicted molar refractivity (Wildman–Crippen MR) is 59.5 cm³/mol. The summed E-state index contributed by atoms with van der Waals surface area (Å²) in [6.45, 7) is 1.92. The van der Waals surface area contributed by atoms with E-state index in [-0.39, 0.29) is 18.3 Å². The van der Waals surface area contributed by atoms with Gasteiger partial charge in [-0.3, -0.25) is 0 Å². The average molecular weight is 250 g/mol. The number of hydrogen-bond acceptors (Lipinski definition) is 5. The lowest BCUT2D eigenvalue weighted by molar-refractivity contribution is 0.0470. The second-order valence-electron chi connectivity index (χ2n) is 3.54. The average Bonchev–Trinajstić information content (AvgIpc) is 2.78. The quantitative estimate of drug-likeness (QED) is 0.776. The van der Waals surface area contributed by atoms with E-state index in [1.165, 1.54) is 12.1 Å². The van der Waals surface area contributed by atoms with E-state index in [9.17, 15) is 9.18 Å². The monoisotopic (exact) mass is 250 g/mol. The van der Waals surface area contributed by atoms with Crippen LogP contribution in [0.2, 0.25) is 0 Å². The van der Waals surface area contributed by atoms with Crippen molar-refractivity contribution in [2.75, 3.05) is 6.61 Å². The van der Waals surface area contributed by atoms with Crippen LogP contribution in [0.1, 0.15) is 29.0 Å². The highest BCUT2D eigenvalue weighted by molar-refractivity contribution is 5.83. The van der Waals surface area contributed by atoms with Crippen LogP contribution < -0.4 is 0 Å². The Morgan fingerprint density at radius 3 is 3.06 bits per heavy atom. The second-order valence-corrected chi connectivity index (χ2v) is 3.54. The molecule has 0 aliphatic carbocycles. The number of aromatic nitrogens is 2. The zero-order valence-corrected chi connectivity index (χ0v) is 9.72. The molecule has 0 radical (unpaired) electrons. The minimum absolute atomic E-state index is 0.191. The largest absolute Gasteiger partial charge is 0.459 e. The van der Waals surface area contributed by atoms with E-state index >= 15 is 0 Å². The molecule has 1 aromatic carbocycles. The van der Waals surface area contributed by atoms with Crippen molar-refractivity contribution in [2.45, 2.75) is 13.3 Å². The molecule has 0 spiro atoms. The number of hydrogen-bond donors (Lipinski definition) is 0. The Kier molecular flexibility index (Phi) is 3.66. The van der Waals surface area contributed by atoms with E-state index in [1.54, 1.807) is 19.1 Å². The van der Waals surface area contributed by atoms with Crippen molar-refractivity contribution in [2.24, 2.45) is 0 Å². The first-order chi connectivity index (χ1) is 8.69. The molecule has 0 aliphatic rings. The Labute approximate surface area is 103 Å². The fourth-order valence-corrected chi connectivity index (χ4v) is 1.43. The van der Waals surface area contributed by atoms with Gasteiger partial charge in [0, 0.05) is 6.42 Å². The zero-order chi connectivity index (χ0) is 13.0. The lowest BCUT2D eigenvalue weighted by Gasteiger charge is -1.96. The van der Waals surface area contributed by atoms with Crippen LogP contribution in [0.3, 0.4) is 0 Å². The summed E-state index contributed by atoms with van der Waals surface area (Å²) in [6, 6.07) is 6.06. The van der Waals surface area contributed by atoms with Gasteiger partial charge < -0.3 is 9.26 Å². The van der Waals surface area contributed by atoms with Gasteiger partial charge in [-0.1, -0.05) is 17.3 Å². The van der Waals surface area contributed by atoms with Crippen molar-refractivity contribution in [3.8, 4) is 0 Å². The SMILES string of the molecule is CCOC(=O)c1nc(Cc2cccc(F)c2)no1. The molecule has 6 heteroatoms. The van der Waals surface area contributed by atoms with E-state index in [1.807, 2.05) is 0 Å². The molecule has 0 aliphatic heterocycles. The minimum atomic E-state index is -0.657. The van der Waals surface area contributed by atoms with Crippen LogP contribution >= 0.6 is 0 Å². The van der Waals surface area contributed by atoms with Crippen LogP contribution in [0.25, 0.3) is 0 Å². The van der Waals surface area contributed by atoms with Gasteiger partial charge >= 0.3 is 11.9 Å². The summed E-state index contributed by atoms with van der Waals surface area (Å²) in [4.78, 5) is 15.2. The van der Waals surface area contributed by atoms with Crippen LogP contribution in [0.4, 0.5) is 4.39 Å². The Balaban J connectivity index is 2.09. The molecule has 5 nitrogen and oxygen atoms in total. The molecular formula is C12H11FN2O3. The highest BCUT2D eigenvalue weighted by Gasteiger charge is 2.16. The number of ether oxygens (including phenoxy) is 1. The summed E-state index contributed by atoms with van der Waals surface area (Å²) in [5.41, 5.74) is 0.700. The van der Waals surface area contributed by atoms with Crippen molar-refractivity contribution in [3.63, 3.8) is 0 Å². The molecule has 0 amide bonds. The molecule has 2 rings (SSSR count). The molecule has 0 unspecified atom stereocenters. The van der Waals surface area contributed by atoms with Crippen LogP contribution in [0, 0.1) is 5.82 Å². The molecule has 1 heterocycles. The smallest absolute Gasteiger partial charge is 0.397 e. The number of halogens is 1. The Morgan fingerprint density at radius 1 is 1.50 bits per heavy atom. The lowest BCUT2D eigenvalue weighted by atomic mass is 10.1. The molecule has 18 heavy (non-hydrogen) atoms. The molecular weight excluding hydrogens is 239 g/mol. The number of carbonyl (C=O) groups excluding carboxylic acids is 1. The van der Waals surface area contributed by atoms with Gasteiger partial charge in [-0.05, 0) is 24.6 Å². The van der Waals surface area contributed by atoms with Crippen molar-refractivity contribution in [1.82, 2.24) is 10.1 Å². The van der Waals surface area contributed by atoms with Gasteiger partial charge in [0.15, 0.2) is 5.82 Å². The van der Waals surface area contributed by atoms with E-state index in [4.69, 9.17) is 9.26 Å². The number of nitrogens with zero attached hydrogens (tertiary/aromatic N) is 2. The van der Waals surface area contributed by atoms with Gasteiger partial charge in [0.1, 0.15) is 5.82 Å². The first-order valence-corrected chi connectivity index (χ1v) is 5.43. The number of esters is 1. The standard InChI is InChI=1S/C12H11FN2O3/c1-2-17-12(16)11-14-10(15-18-11)7-8-4-3-5-9(13)6-8/h3-6H,2,7H2,1H3. The Hall–Kier alpha value is -2.24. The number of carbonyl (C=O) groups is 1. The van der Waals surface area contributed by atoms with E-state index < -0.39 is 5.97 Å². The summed E-state index contributed by atoms with van der Waals surface area (Å²) >= 11 is 0. The van der Waals surface area contributed by atoms with Crippen LogP contribution in [0.15, 0.2) is 28.8 Å². The Morgan fingerprint density at radius 2 is 2.33 bits per heavy atom. The first-order valence-electron chi connectivity index (χ1n) is 5.43. The third-order valence-corrected chi connectivity index (χ3v) is 2.17. The van der Waals surface area contributed by atoms with Crippen molar-refractivity contribution in [1.29, 1.82) is 0 Å². The zero-order valence-electron chi connectivity index (χ0n) is 9.72. The highest BCUT2D eigenvalue weighted by atomic mass is 19.1. The number of rotatable bonds is 4. The fraction of sp³-hybridized carbons (Fsp3) is 0.250. The summed E-state index contributed by atoms with van der Waals surface area (Å²) in [6.07, 6.45) is 0.292. The van der Waals surface area contributed by atoms with Gasteiger partial charge in [0.2, 0.25) is 0 Å². The van der Waals surface area contributed by atoms with E-state index in [0.717, 1.165) is 0 Å².